The van der Waals surface area contributed by atoms with E-state index in [4.69, 9.17) is 22.1 Å². The van der Waals surface area contributed by atoms with E-state index >= 15 is 0 Å². The van der Waals surface area contributed by atoms with Gasteiger partial charge in [0.2, 0.25) is 11.8 Å². The number of carbonyl (C=O) groups is 2. The summed E-state index contributed by atoms with van der Waals surface area (Å²) in [5, 5.41) is 17.1. The van der Waals surface area contributed by atoms with Crippen molar-refractivity contribution in [3.05, 3.63) is 70.7 Å². The number of amides is 2. The van der Waals surface area contributed by atoms with Crippen LogP contribution in [0.4, 0.5) is 0 Å². The van der Waals surface area contributed by atoms with E-state index in [1.165, 1.54) is 0 Å². The number of halogens is 1. The molecule has 8 heteroatoms. The van der Waals surface area contributed by atoms with Gasteiger partial charge in [0.1, 0.15) is 6.04 Å². The summed E-state index contributed by atoms with van der Waals surface area (Å²) in [4.78, 5) is 26.1. The van der Waals surface area contributed by atoms with E-state index in [1.807, 2.05) is 70.2 Å². The molecule has 0 fully saturated rings. The zero-order chi connectivity index (χ0) is 26.7. The summed E-state index contributed by atoms with van der Waals surface area (Å²) in [6.45, 7) is 8.50. The Labute approximate surface area is 219 Å². The minimum atomic E-state index is -0.921. The molecule has 2 aromatic rings. The number of nitrogens with one attached hydrogen (secondary N) is 2. The van der Waals surface area contributed by atoms with Crippen LogP contribution >= 0.6 is 11.6 Å². The van der Waals surface area contributed by atoms with Crippen molar-refractivity contribution in [3.8, 4) is 0 Å². The van der Waals surface area contributed by atoms with E-state index in [-0.39, 0.29) is 36.7 Å². The summed E-state index contributed by atoms with van der Waals surface area (Å²) in [6, 6.07) is 15.6. The molecule has 0 spiro atoms. The Morgan fingerprint density at radius 2 is 1.58 bits per heavy atom. The highest BCUT2D eigenvalue weighted by molar-refractivity contribution is 6.30. The molecule has 5 N–H and O–H groups in total. The summed E-state index contributed by atoms with van der Waals surface area (Å²) in [5.41, 5.74) is 8.08. The highest BCUT2D eigenvalue weighted by Crippen LogP contribution is 2.20. The van der Waals surface area contributed by atoms with Crippen LogP contribution in [0.2, 0.25) is 5.02 Å². The highest BCUT2D eigenvalue weighted by Gasteiger charge is 2.32. The van der Waals surface area contributed by atoms with Gasteiger partial charge in [-0.2, -0.15) is 0 Å². The van der Waals surface area contributed by atoms with Crippen LogP contribution in [0.5, 0.6) is 0 Å². The molecule has 0 saturated carbocycles. The largest absolute Gasteiger partial charge is 0.391 e. The number of ether oxygens (including phenoxy) is 1. The molecule has 7 nitrogen and oxygen atoms in total. The Kier molecular flexibility index (Phi) is 12.4. The van der Waals surface area contributed by atoms with Crippen LogP contribution in [-0.2, 0) is 27.5 Å². The molecule has 4 atom stereocenters. The summed E-state index contributed by atoms with van der Waals surface area (Å²) in [7, 11) is 0. The fourth-order valence-electron chi connectivity index (χ4n) is 3.81. The van der Waals surface area contributed by atoms with Gasteiger partial charge in [-0.3, -0.25) is 9.59 Å². The van der Waals surface area contributed by atoms with Crippen LogP contribution in [0.15, 0.2) is 54.6 Å². The number of benzene rings is 2. The molecule has 0 radical (unpaired) electrons. The lowest BCUT2D eigenvalue weighted by Gasteiger charge is -2.29. The molecular formula is C28H40ClN3O4. The number of hydrogen-bond donors (Lipinski definition) is 4. The summed E-state index contributed by atoms with van der Waals surface area (Å²) >= 11 is 5.92. The Bertz CT molecular complexity index is 938. The SMILES string of the molecule is CC(C)[C@H](C[C@H](O)[C@@H](N)COCc1ccccc1)C(=O)N[C@H](C(=O)NCc1ccc(Cl)cc1)C(C)C. The van der Waals surface area contributed by atoms with Crippen molar-refractivity contribution in [2.24, 2.45) is 23.5 Å². The van der Waals surface area contributed by atoms with Gasteiger partial charge in [-0.25, -0.2) is 0 Å². The first kappa shape index (κ1) is 29.8. The maximum Gasteiger partial charge on any atom is 0.243 e. The van der Waals surface area contributed by atoms with Gasteiger partial charge >= 0.3 is 0 Å². The first-order valence-electron chi connectivity index (χ1n) is 12.5. The van der Waals surface area contributed by atoms with E-state index in [2.05, 4.69) is 10.6 Å². The average Bonchev–Trinajstić information content (AvgIpc) is 2.85. The highest BCUT2D eigenvalue weighted by atomic mass is 35.5. The van der Waals surface area contributed by atoms with Crippen LogP contribution in [-0.4, -0.2) is 41.7 Å². The number of nitrogens with two attached hydrogens (primary N) is 1. The normalized spacial score (nSPS) is 14.8. The van der Waals surface area contributed by atoms with Crippen molar-refractivity contribution < 1.29 is 19.4 Å². The predicted octanol–water partition coefficient (Wildman–Crippen LogP) is 3.66. The lowest BCUT2D eigenvalue weighted by atomic mass is 9.87. The van der Waals surface area contributed by atoms with Gasteiger partial charge in [-0.05, 0) is 41.5 Å². The summed E-state index contributed by atoms with van der Waals surface area (Å²) in [5.74, 6) is -1.22. The molecule has 0 heterocycles. The summed E-state index contributed by atoms with van der Waals surface area (Å²) < 4.78 is 5.66. The maximum atomic E-state index is 13.2. The maximum absolute atomic E-state index is 13.2. The van der Waals surface area contributed by atoms with Crippen LogP contribution < -0.4 is 16.4 Å². The van der Waals surface area contributed by atoms with Crippen molar-refractivity contribution in [1.82, 2.24) is 10.6 Å². The van der Waals surface area contributed by atoms with Gasteiger partial charge in [-0.1, -0.05) is 81.8 Å². The molecule has 36 heavy (non-hydrogen) atoms. The lowest BCUT2D eigenvalue weighted by Crippen LogP contribution is -2.52. The Hall–Kier alpha value is -2.45. The molecule has 0 saturated heterocycles. The number of rotatable bonds is 14. The summed E-state index contributed by atoms with van der Waals surface area (Å²) in [6.07, 6.45) is -0.744. The molecule has 2 aromatic carbocycles. The van der Waals surface area contributed by atoms with Gasteiger partial charge in [0, 0.05) is 17.5 Å². The second-order valence-electron chi connectivity index (χ2n) is 9.89. The third kappa shape index (κ3) is 9.90. The molecule has 0 unspecified atom stereocenters. The fraction of sp³-hybridized carbons (Fsp3) is 0.500. The van der Waals surface area contributed by atoms with Crippen LogP contribution in [0.1, 0.15) is 45.2 Å². The third-order valence-electron chi connectivity index (χ3n) is 6.18. The number of aliphatic hydroxyl groups excluding tert-OH is 1. The zero-order valence-electron chi connectivity index (χ0n) is 21.6. The predicted molar refractivity (Wildman–Crippen MR) is 143 cm³/mol. The Morgan fingerprint density at radius 1 is 0.944 bits per heavy atom. The number of carbonyl (C=O) groups excluding carboxylic acids is 2. The smallest absolute Gasteiger partial charge is 0.243 e. The molecule has 0 aromatic heterocycles. The molecule has 0 aliphatic heterocycles. The molecule has 198 valence electrons. The quantitative estimate of drug-likeness (QED) is 0.305. The second-order valence-corrected chi connectivity index (χ2v) is 10.3. The average molecular weight is 518 g/mol. The molecule has 0 aliphatic rings. The molecule has 2 amide bonds. The monoisotopic (exact) mass is 517 g/mol. The van der Waals surface area contributed by atoms with E-state index < -0.39 is 24.1 Å². The minimum absolute atomic E-state index is 0.0537. The van der Waals surface area contributed by atoms with Gasteiger partial charge in [-0.15, -0.1) is 0 Å². The van der Waals surface area contributed by atoms with Crippen molar-refractivity contribution in [2.45, 2.75) is 65.5 Å². The number of aliphatic hydroxyl groups is 1. The van der Waals surface area contributed by atoms with Crippen molar-refractivity contribution in [3.63, 3.8) is 0 Å². The van der Waals surface area contributed by atoms with Crippen LogP contribution in [0.25, 0.3) is 0 Å². The first-order valence-corrected chi connectivity index (χ1v) is 12.8. The second kappa shape index (κ2) is 15.0. The standard InChI is InChI=1S/C28H40ClN3O4/c1-18(2)23(14-25(33)24(30)17-36-16-21-8-6-5-7-9-21)27(34)32-26(19(3)4)28(35)31-15-20-10-12-22(29)13-11-20/h5-13,18-19,23-26,33H,14-17,30H2,1-4H3,(H,31,35)(H,32,34)/t23-,24-,25-,26-/m0/s1. The molecule has 0 aliphatic carbocycles. The van der Waals surface area contributed by atoms with Crippen molar-refractivity contribution >= 4 is 23.4 Å². The van der Waals surface area contributed by atoms with E-state index in [0.29, 0.717) is 18.2 Å². The van der Waals surface area contributed by atoms with E-state index in [9.17, 15) is 14.7 Å². The van der Waals surface area contributed by atoms with E-state index in [1.54, 1.807) is 12.1 Å². The Morgan fingerprint density at radius 3 is 2.17 bits per heavy atom. The third-order valence-corrected chi connectivity index (χ3v) is 6.43. The van der Waals surface area contributed by atoms with Gasteiger partial charge in [0.15, 0.2) is 0 Å². The van der Waals surface area contributed by atoms with Crippen molar-refractivity contribution in [2.75, 3.05) is 6.61 Å². The van der Waals surface area contributed by atoms with Crippen molar-refractivity contribution in [1.29, 1.82) is 0 Å². The first-order chi connectivity index (χ1) is 17.1. The topological polar surface area (TPSA) is 114 Å². The Balaban J connectivity index is 1.90. The number of hydrogen-bond acceptors (Lipinski definition) is 5. The van der Waals surface area contributed by atoms with Gasteiger partial charge in [0.05, 0.1) is 25.4 Å². The molecule has 2 rings (SSSR count). The minimum Gasteiger partial charge on any atom is -0.391 e. The van der Waals surface area contributed by atoms with Gasteiger partial charge in [0.25, 0.3) is 0 Å². The van der Waals surface area contributed by atoms with Crippen LogP contribution in [0, 0.1) is 17.8 Å². The fourth-order valence-corrected chi connectivity index (χ4v) is 3.94. The molecular weight excluding hydrogens is 478 g/mol. The van der Waals surface area contributed by atoms with Gasteiger partial charge < -0.3 is 26.2 Å². The van der Waals surface area contributed by atoms with E-state index in [0.717, 1.165) is 11.1 Å². The zero-order valence-corrected chi connectivity index (χ0v) is 22.4. The lowest BCUT2D eigenvalue weighted by molar-refractivity contribution is -0.134. The van der Waals surface area contributed by atoms with Crippen LogP contribution in [0.3, 0.4) is 0 Å². The molecule has 0 bridgehead atoms.